The standard InChI is InChI=1S/C26H31FN6/c1-28-26(30-14-11-21-5-3-2-4-6-21)31-20-22-12-13-29-25(19-22)33-17-15-32(16-18-33)24-9-7-23(27)8-10-24/h2-10,12-13,19H,11,14-18,20H2,1H3,(H2,28,30,31). The molecule has 6 nitrogen and oxygen atoms in total. The number of aliphatic imine (C=N–C) groups is 1. The van der Waals surface area contributed by atoms with Gasteiger partial charge >= 0.3 is 0 Å². The normalized spacial score (nSPS) is 14.3. The molecule has 3 aromatic rings. The highest BCUT2D eigenvalue weighted by Crippen LogP contribution is 2.20. The Balaban J connectivity index is 1.26. The van der Waals surface area contributed by atoms with Gasteiger partial charge in [0, 0.05) is 58.2 Å². The van der Waals surface area contributed by atoms with Crippen LogP contribution in [0.3, 0.4) is 0 Å². The van der Waals surface area contributed by atoms with Crippen LogP contribution in [0.15, 0.2) is 77.9 Å². The molecule has 2 heterocycles. The molecule has 1 aromatic heterocycles. The van der Waals surface area contributed by atoms with Crippen LogP contribution in [0, 0.1) is 5.82 Å². The number of nitrogens with zero attached hydrogens (tertiary/aromatic N) is 4. The van der Waals surface area contributed by atoms with Crippen molar-refractivity contribution in [1.29, 1.82) is 0 Å². The maximum Gasteiger partial charge on any atom is 0.191 e. The lowest BCUT2D eigenvalue weighted by atomic mass is 10.1. The zero-order valence-electron chi connectivity index (χ0n) is 19.0. The highest BCUT2D eigenvalue weighted by Gasteiger charge is 2.18. The van der Waals surface area contributed by atoms with E-state index in [-0.39, 0.29) is 5.82 Å². The average Bonchev–Trinajstić information content (AvgIpc) is 2.87. The van der Waals surface area contributed by atoms with Crippen molar-refractivity contribution in [2.45, 2.75) is 13.0 Å². The first-order chi connectivity index (χ1) is 16.2. The van der Waals surface area contributed by atoms with Crippen LogP contribution in [0.2, 0.25) is 0 Å². The van der Waals surface area contributed by atoms with Crippen LogP contribution in [-0.4, -0.2) is 50.7 Å². The number of hydrogen-bond donors (Lipinski definition) is 2. The second kappa shape index (κ2) is 11.3. The Bertz CT molecular complexity index is 1030. The van der Waals surface area contributed by atoms with Crippen molar-refractivity contribution >= 4 is 17.5 Å². The molecule has 1 aliphatic heterocycles. The lowest BCUT2D eigenvalue weighted by Crippen LogP contribution is -2.46. The summed E-state index contributed by atoms with van der Waals surface area (Å²) in [6.45, 7) is 5.02. The molecule has 7 heteroatoms. The van der Waals surface area contributed by atoms with E-state index in [1.165, 1.54) is 17.7 Å². The third kappa shape index (κ3) is 6.44. The molecule has 0 bridgehead atoms. The second-order valence-electron chi connectivity index (χ2n) is 8.06. The van der Waals surface area contributed by atoms with Gasteiger partial charge in [-0.05, 0) is 53.9 Å². The lowest BCUT2D eigenvalue weighted by Gasteiger charge is -2.36. The predicted molar refractivity (Wildman–Crippen MR) is 133 cm³/mol. The van der Waals surface area contributed by atoms with Crippen molar-refractivity contribution in [3.63, 3.8) is 0 Å². The molecule has 33 heavy (non-hydrogen) atoms. The molecule has 0 unspecified atom stereocenters. The molecular formula is C26H31FN6. The minimum Gasteiger partial charge on any atom is -0.368 e. The van der Waals surface area contributed by atoms with Crippen LogP contribution in [0.25, 0.3) is 0 Å². The third-order valence-electron chi connectivity index (χ3n) is 5.84. The molecule has 0 spiro atoms. The molecule has 0 aliphatic carbocycles. The Morgan fingerprint density at radius 1 is 0.909 bits per heavy atom. The van der Waals surface area contributed by atoms with Gasteiger partial charge < -0.3 is 20.4 Å². The minimum atomic E-state index is -0.199. The van der Waals surface area contributed by atoms with Gasteiger partial charge in [0.15, 0.2) is 5.96 Å². The number of hydrogen-bond acceptors (Lipinski definition) is 4. The Morgan fingerprint density at radius 3 is 2.36 bits per heavy atom. The zero-order chi connectivity index (χ0) is 22.9. The largest absolute Gasteiger partial charge is 0.368 e. The number of halogens is 1. The summed E-state index contributed by atoms with van der Waals surface area (Å²) < 4.78 is 13.2. The van der Waals surface area contributed by atoms with Crippen LogP contribution >= 0.6 is 0 Å². The van der Waals surface area contributed by atoms with Crippen LogP contribution in [0.1, 0.15) is 11.1 Å². The number of piperazine rings is 1. The molecule has 1 saturated heterocycles. The van der Waals surface area contributed by atoms with Crippen LogP contribution < -0.4 is 20.4 Å². The number of nitrogens with one attached hydrogen (secondary N) is 2. The van der Waals surface area contributed by atoms with Crippen molar-refractivity contribution < 1.29 is 4.39 Å². The molecule has 1 fully saturated rings. The molecule has 1 aliphatic rings. The van der Waals surface area contributed by atoms with Crippen LogP contribution in [0.5, 0.6) is 0 Å². The second-order valence-corrected chi connectivity index (χ2v) is 8.06. The van der Waals surface area contributed by atoms with E-state index in [9.17, 15) is 4.39 Å². The first-order valence-electron chi connectivity index (χ1n) is 11.4. The van der Waals surface area contributed by atoms with Gasteiger partial charge in [0.2, 0.25) is 0 Å². The molecule has 172 valence electrons. The smallest absolute Gasteiger partial charge is 0.191 e. The van der Waals surface area contributed by atoms with Gasteiger partial charge in [0.1, 0.15) is 11.6 Å². The Labute approximate surface area is 195 Å². The van der Waals surface area contributed by atoms with Crippen molar-refractivity contribution in [2.75, 3.05) is 49.6 Å². The Kier molecular flexibility index (Phi) is 7.74. The quantitative estimate of drug-likeness (QED) is 0.430. The van der Waals surface area contributed by atoms with Gasteiger partial charge in [-0.25, -0.2) is 9.37 Å². The van der Waals surface area contributed by atoms with E-state index in [0.717, 1.165) is 62.2 Å². The van der Waals surface area contributed by atoms with Gasteiger partial charge in [-0.2, -0.15) is 0 Å². The van der Waals surface area contributed by atoms with E-state index in [1.54, 1.807) is 7.05 Å². The fourth-order valence-corrected chi connectivity index (χ4v) is 3.97. The maximum atomic E-state index is 13.2. The highest BCUT2D eigenvalue weighted by molar-refractivity contribution is 5.79. The number of benzene rings is 2. The first kappa shape index (κ1) is 22.6. The van der Waals surface area contributed by atoms with E-state index < -0.39 is 0 Å². The molecule has 2 N–H and O–H groups in total. The Hall–Kier alpha value is -3.61. The number of pyridine rings is 1. The molecular weight excluding hydrogens is 415 g/mol. The summed E-state index contributed by atoms with van der Waals surface area (Å²) in [4.78, 5) is 13.5. The first-order valence-corrected chi connectivity index (χ1v) is 11.4. The van der Waals surface area contributed by atoms with Crippen LogP contribution in [-0.2, 0) is 13.0 Å². The third-order valence-corrected chi connectivity index (χ3v) is 5.84. The SMILES string of the molecule is CN=C(NCCc1ccccc1)NCc1ccnc(N2CCN(c3ccc(F)cc3)CC2)c1. The highest BCUT2D eigenvalue weighted by atomic mass is 19.1. The predicted octanol–water partition coefficient (Wildman–Crippen LogP) is 3.46. The van der Waals surface area contributed by atoms with Gasteiger partial charge in [0.25, 0.3) is 0 Å². The Morgan fingerprint density at radius 2 is 1.64 bits per heavy atom. The van der Waals surface area contributed by atoms with E-state index in [0.29, 0.717) is 6.54 Å². The number of guanidine groups is 1. The van der Waals surface area contributed by atoms with Crippen LogP contribution in [0.4, 0.5) is 15.9 Å². The summed E-state index contributed by atoms with van der Waals surface area (Å²) in [5.74, 6) is 1.58. The summed E-state index contributed by atoms with van der Waals surface area (Å²) in [5.41, 5.74) is 3.53. The fraction of sp³-hybridized carbons (Fsp3) is 0.308. The van der Waals surface area contributed by atoms with Gasteiger partial charge in [0.05, 0.1) is 0 Å². The molecule has 0 saturated carbocycles. The lowest BCUT2D eigenvalue weighted by molar-refractivity contribution is 0.624. The van der Waals surface area contributed by atoms with E-state index >= 15 is 0 Å². The molecule has 4 rings (SSSR count). The van der Waals surface area contributed by atoms with Gasteiger partial charge in [-0.15, -0.1) is 0 Å². The summed E-state index contributed by atoms with van der Waals surface area (Å²) in [6.07, 6.45) is 2.81. The summed E-state index contributed by atoms with van der Waals surface area (Å²) >= 11 is 0. The summed E-state index contributed by atoms with van der Waals surface area (Å²) in [7, 11) is 1.79. The van der Waals surface area contributed by atoms with Crippen molar-refractivity contribution in [2.24, 2.45) is 4.99 Å². The molecule has 0 radical (unpaired) electrons. The maximum absolute atomic E-state index is 13.2. The monoisotopic (exact) mass is 446 g/mol. The molecule has 0 amide bonds. The van der Waals surface area contributed by atoms with E-state index in [4.69, 9.17) is 0 Å². The fourth-order valence-electron chi connectivity index (χ4n) is 3.97. The van der Waals surface area contributed by atoms with Gasteiger partial charge in [-0.1, -0.05) is 30.3 Å². The average molecular weight is 447 g/mol. The van der Waals surface area contributed by atoms with Crippen molar-refractivity contribution in [1.82, 2.24) is 15.6 Å². The van der Waals surface area contributed by atoms with Crippen molar-refractivity contribution in [3.8, 4) is 0 Å². The van der Waals surface area contributed by atoms with E-state index in [1.807, 2.05) is 30.5 Å². The number of rotatable bonds is 7. The number of aromatic nitrogens is 1. The van der Waals surface area contributed by atoms with Gasteiger partial charge in [-0.3, -0.25) is 4.99 Å². The minimum absolute atomic E-state index is 0.199. The topological polar surface area (TPSA) is 55.8 Å². The molecule has 0 atom stereocenters. The van der Waals surface area contributed by atoms with E-state index in [2.05, 4.69) is 60.7 Å². The summed E-state index contributed by atoms with van der Waals surface area (Å²) in [6, 6.07) is 21.3. The number of anilines is 2. The van der Waals surface area contributed by atoms with Crippen molar-refractivity contribution in [3.05, 3.63) is 89.9 Å². The molecule has 2 aromatic carbocycles. The zero-order valence-corrected chi connectivity index (χ0v) is 19.0. The summed E-state index contributed by atoms with van der Waals surface area (Å²) in [5, 5.41) is 6.76.